The van der Waals surface area contributed by atoms with Crippen molar-refractivity contribution < 1.29 is 33.3 Å². The van der Waals surface area contributed by atoms with Gasteiger partial charge in [0.05, 0.1) is 34.7 Å². The van der Waals surface area contributed by atoms with Gasteiger partial charge in [-0.05, 0) is 45.7 Å². The third-order valence-electron chi connectivity index (χ3n) is 7.87. The molecule has 1 aromatic carbocycles. The lowest BCUT2D eigenvalue weighted by Gasteiger charge is -2.31. The number of aryl methyl sites for hydroxylation is 1. The van der Waals surface area contributed by atoms with Gasteiger partial charge in [-0.3, -0.25) is 4.79 Å². The molecule has 0 spiro atoms. The number of esters is 1. The first kappa shape index (κ1) is 27.0. The fourth-order valence-electron chi connectivity index (χ4n) is 5.83. The van der Waals surface area contributed by atoms with Crippen LogP contribution in [0.5, 0.6) is 5.75 Å². The SMILES string of the molecule is CC[C@@]1(O)C(=O)OCc2c1cc1n(c2=O)Cc2c-1nc1cc(F)c3c(c1c2C)N(CCNC(=O)OC(C)(C)C)CO3. The monoisotopic (exact) mass is 566 g/mol. The number of nitrogens with one attached hydrogen (secondary N) is 1. The molecular formula is C29H31FN4O7. The van der Waals surface area contributed by atoms with Crippen LogP contribution in [0.25, 0.3) is 22.3 Å². The van der Waals surface area contributed by atoms with E-state index in [2.05, 4.69) is 5.32 Å². The molecule has 3 aliphatic heterocycles. The molecule has 2 N–H and O–H groups in total. The second kappa shape index (κ2) is 9.16. The maximum atomic E-state index is 15.3. The van der Waals surface area contributed by atoms with Crippen LogP contribution in [0.15, 0.2) is 16.9 Å². The van der Waals surface area contributed by atoms with Gasteiger partial charge in [0.2, 0.25) is 0 Å². The van der Waals surface area contributed by atoms with Crippen LogP contribution in [0.1, 0.15) is 56.4 Å². The number of amides is 1. The molecule has 0 saturated carbocycles. The van der Waals surface area contributed by atoms with Crippen LogP contribution in [-0.2, 0) is 33.0 Å². The molecule has 0 aliphatic carbocycles. The number of carbonyl (C=O) groups excluding carboxylic acids is 2. The molecule has 0 unspecified atom stereocenters. The maximum absolute atomic E-state index is 15.3. The van der Waals surface area contributed by atoms with Gasteiger partial charge in [0.15, 0.2) is 23.9 Å². The number of ether oxygens (including phenoxy) is 3. The lowest BCUT2D eigenvalue weighted by Crippen LogP contribution is -2.44. The quantitative estimate of drug-likeness (QED) is 0.358. The molecule has 1 amide bonds. The first-order valence-electron chi connectivity index (χ1n) is 13.5. The number of carbonyl (C=O) groups is 2. The van der Waals surface area contributed by atoms with E-state index in [1.54, 1.807) is 38.3 Å². The van der Waals surface area contributed by atoms with Gasteiger partial charge >= 0.3 is 12.1 Å². The number of hydrogen-bond donors (Lipinski definition) is 2. The Labute approximate surface area is 234 Å². The maximum Gasteiger partial charge on any atom is 0.407 e. The zero-order chi connectivity index (χ0) is 29.4. The number of pyridine rings is 2. The molecule has 12 heteroatoms. The predicted octanol–water partition coefficient (Wildman–Crippen LogP) is 3.21. The Bertz CT molecular complexity index is 1710. The Morgan fingerprint density at radius 1 is 1.24 bits per heavy atom. The Morgan fingerprint density at radius 3 is 2.71 bits per heavy atom. The zero-order valence-electron chi connectivity index (χ0n) is 23.5. The highest BCUT2D eigenvalue weighted by Crippen LogP contribution is 2.47. The fraction of sp³-hybridized carbons (Fsp3) is 0.448. The molecular weight excluding hydrogens is 535 g/mol. The summed E-state index contributed by atoms with van der Waals surface area (Å²) in [6.07, 6.45) is -0.514. The molecule has 0 fully saturated rings. The average molecular weight is 567 g/mol. The summed E-state index contributed by atoms with van der Waals surface area (Å²) in [6.45, 7) is 9.52. The molecule has 0 bridgehead atoms. The normalized spacial score (nSPS) is 18.8. The molecule has 6 rings (SSSR count). The first-order chi connectivity index (χ1) is 19.3. The molecule has 3 aromatic rings. The second-order valence-corrected chi connectivity index (χ2v) is 11.6. The van der Waals surface area contributed by atoms with Gasteiger partial charge in [-0.2, -0.15) is 0 Å². The zero-order valence-corrected chi connectivity index (χ0v) is 23.5. The van der Waals surface area contributed by atoms with Crippen molar-refractivity contribution in [1.29, 1.82) is 0 Å². The predicted molar refractivity (Wildman–Crippen MR) is 146 cm³/mol. The number of anilines is 1. The van der Waals surface area contributed by atoms with E-state index in [1.165, 1.54) is 6.07 Å². The number of hydrogen-bond acceptors (Lipinski definition) is 9. The Balaban J connectivity index is 1.42. The molecule has 11 nitrogen and oxygen atoms in total. The number of benzene rings is 1. The Kier molecular flexibility index (Phi) is 6.04. The fourth-order valence-corrected chi connectivity index (χ4v) is 5.83. The highest BCUT2D eigenvalue weighted by atomic mass is 19.1. The van der Waals surface area contributed by atoms with Crippen molar-refractivity contribution in [2.75, 3.05) is 24.7 Å². The number of fused-ring (bicyclic) bond motifs is 7. The van der Waals surface area contributed by atoms with Gasteiger partial charge in [0.25, 0.3) is 5.56 Å². The van der Waals surface area contributed by atoms with Gasteiger partial charge in [0, 0.05) is 35.7 Å². The van der Waals surface area contributed by atoms with Crippen molar-refractivity contribution in [2.45, 2.75) is 65.4 Å². The van der Waals surface area contributed by atoms with E-state index in [0.29, 0.717) is 34.5 Å². The smallest absolute Gasteiger partial charge is 0.407 e. The van der Waals surface area contributed by atoms with Crippen LogP contribution >= 0.6 is 0 Å². The molecule has 1 atom stereocenters. The Hall–Kier alpha value is -4.19. The summed E-state index contributed by atoms with van der Waals surface area (Å²) in [4.78, 5) is 44.7. The van der Waals surface area contributed by atoms with E-state index in [4.69, 9.17) is 19.2 Å². The summed E-state index contributed by atoms with van der Waals surface area (Å²) in [5, 5.41) is 14.5. The third kappa shape index (κ3) is 4.11. The lowest BCUT2D eigenvalue weighted by molar-refractivity contribution is -0.172. The Morgan fingerprint density at radius 2 is 2.00 bits per heavy atom. The van der Waals surface area contributed by atoms with Crippen LogP contribution in [0, 0.1) is 12.7 Å². The van der Waals surface area contributed by atoms with Crippen molar-refractivity contribution in [1.82, 2.24) is 14.9 Å². The summed E-state index contributed by atoms with van der Waals surface area (Å²) in [5.41, 5.74) is 0.934. The number of halogens is 1. The van der Waals surface area contributed by atoms with Crippen molar-refractivity contribution in [2.24, 2.45) is 0 Å². The van der Waals surface area contributed by atoms with Gasteiger partial charge in [-0.1, -0.05) is 6.92 Å². The summed E-state index contributed by atoms with van der Waals surface area (Å²) in [5.74, 6) is -1.27. The van der Waals surface area contributed by atoms with Gasteiger partial charge < -0.3 is 34.1 Å². The van der Waals surface area contributed by atoms with Crippen molar-refractivity contribution >= 4 is 28.7 Å². The van der Waals surface area contributed by atoms with E-state index in [0.717, 1.165) is 11.1 Å². The van der Waals surface area contributed by atoms with Gasteiger partial charge in [0.1, 0.15) is 12.2 Å². The van der Waals surface area contributed by atoms with Crippen molar-refractivity contribution in [3.05, 3.63) is 50.6 Å². The largest absolute Gasteiger partial charge is 0.468 e. The summed E-state index contributed by atoms with van der Waals surface area (Å²) >= 11 is 0. The van der Waals surface area contributed by atoms with Crippen LogP contribution < -0.4 is 20.5 Å². The van der Waals surface area contributed by atoms with E-state index >= 15 is 4.39 Å². The number of aromatic nitrogens is 2. The third-order valence-corrected chi connectivity index (χ3v) is 7.87. The minimum atomic E-state index is -1.94. The van der Waals surface area contributed by atoms with Gasteiger partial charge in [-0.15, -0.1) is 0 Å². The van der Waals surface area contributed by atoms with Crippen LogP contribution in [0.3, 0.4) is 0 Å². The summed E-state index contributed by atoms with van der Waals surface area (Å²) in [7, 11) is 0. The van der Waals surface area contributed by atoms with Crippen LogP contribution in [0.4, 0.5) is 14.9 Å². The summed E-state index contributed by atoms with van der Waals surface area (Å²) in [6, 6.07) is 2.94. The molecule has 2 aromatic heterocycles. The number of alkyl carbamates (subject to hydrolysis) is 1. The topological polar surface area (TPSA) is 132 Å². The average Bonchev–Trinajstić information content (AvgIpc) is 3.48. The highest BCUT2D eigenvalue weighted by molar-refractivity contribution is 6.01. The van der Waals surface area contributed by atoms with Gasteiger partial charge in [-0.25, -0.2) is 19.0 Å². The molecule has 216 valence electrons. The second-order valence-electron chi connectivity index (χ2n) is 11.6. The van der Waals surface area contributed by atoms with E-state index < -0.39 is 29.1 Å². The van der Waals surface area contributed by atoms with Crippen LogP contribution in [0.2, 0.25) is 0 Å². The molecule has 0 radical (unpaired) electrons. The lowest BCUT2D eigenvalue weighted by atomic mass is 9.86. The van der Waals surface area contributed by atoms with E-state index in [1.807, 2.05) is 11.8 Å². The highest BCUT2D eigenvalue weighted by Gasteiger charge is 2.45. The number of rotatable bonds is 4. The number of aliphatic hydroxyl groups is 1. The standard InChI is InChI=1S/C29H31FN4O7/c1-6-29(38)17-9-20-22-15(11-34(20)25(35)16(17)12-39-26(29)36)14(2)21-19(32-22)10-18(30)24-23(21)33(13-40-24)8-7-31-27(37)41-28(3,4)5/h9-10,38H,6-8,11-13H2,1-5H3,(H,31,37)/t29-/m0/s1. The minimum Gasteiger partial charge on any atom is -0.468 e. The molecule has 3 aliphatic rings. The molecule has 5 heterocycles. The number of cyclic esters (lactones) is 1. The molecule has 41 heavy (non-hydrogen) atoms. The van der Waals surface area contributed by atoms with Crippen LogP contribution in [-0.4, -0.2) is 52.1 Å². The van der Waals surface area contributed by atoms with Crippen molar-refractivity contribution in [3.8, 4) is 17.1 Å². The number of nitrogens with zero attached hydrogens (tertiary/aromatic N) is 3. The molecule has 0 saturated heterocycles. The first-order valence-corrected chi connectivity index (χ1v) is 13.5. The van der Waals surface area contributed by atoms with Crippen molar-refractivity contribution in [3.63, 3.8) is 0 Å². The van der Waals surface area contributed by atoms with E-state index in [-0.39, 0.29) is 55.3 Å². The van der Waals surface area contributed by atoms with E-state index in [9.17, 15) is 19.5 Å². The minimum absolute atomic E-state index is 0.0364. The summed E-state index contributed by atoms with van der Waals surface area (Å²) < 4.78 is 33.0.